The fourth-order valence-corrected chi connectivity index (χ4v) is 5.71. The second kappa shape index (κ2) is 6.31. The van der Waals surface area contributed by atoms with E-state index in [0.29, 0.717) is 10.6 Å². The Kier molecular flexibility index (Phi) is 3.92. The molecule has 1 N–H and O–H groups in total. The SMILES string of the molecule is COc1ccc(C2(C)c3cc(C(=O)O)sc3C(=O)c3c2c2ccccc2n3C)cc1. The van der Waals surface area contributed by atoms with Crippen LogP contribution in [0.3, 0.4) is 0 Å². The first-order chi connectivity index (χ1) is 14.4. The standard InChI is InChI=1S/C24H19NO4S/c1-24(13-8-10-14(29-3)11-9-13)16-12-18(23(27)28)30-22(16)21(26)20-19(24)15-6-4-5-7-17(15)25(20)2/h4-12H,1-3H3,(H,27,28). The van der Waals surface area contributed by atoms with Crippen LogP contribution in [0, 0.1) is 0 Å². The summed E-state index contributed by atoms with van der Waals surface area (Å²) in [5.74, 6) is -0.403. The molecule has 150 valence electrons. The van der Waals surface area contributed by atoms with Crippen molar-refractivity contribution < 1.29 is 19.4 Å². The number of aromatic nitrogens is 1. The van der Waals surface area contributed by atoms with Crippen LogP contribution in [-0.2, 0) is 12.5 Å². The van der Waals surface area contributed by atoms with Crippen molar-refractivity contribution in [3.8, 4) is 5.75 Å². The Morgan fingerprint density at radius 1 is 1.13 bits per heavy atom. The highest BCUT2D eigenvalue weighted by Crippen LogP contribution is 2.51. The van der Waals surface area contributed by atoms with Crippen LogP contribution in [0.15, 0.2) is 54.6 Å². The van der Waals surface area contributed by atoms with Gasteiger partial charge < -0.3 is 14.4 Å². The van der Waals surface area contributed by atoms with Crippen LogP contribution in [0.5, 0.6) is 5.75 Å². The minimum Gasteiger partial charge on any atom is -0.497 e. The number of ether oxygens (including phenoxy) is 1. The summed E-state index contributed by atoms with van der Waals surface area (Å²) < 4.78 is 7.25. The van der Waals surface area contributed by atoms with E-state index >= 15 is 0 Å². The van der Waals surface area contributed by atoms with Crippen molar-refractivity contribution in [3.05, 3.63) is 86.7 Å². The zero-order valence-corrected chi connectivity index (χ0v) is 17.5. The number of hydrogen-bond donors (Lipinski definition) is 1. The van der Waals surface area contributed by atoms with Gasteiger partial charge in [0.25, 0.3) is 0 Å². The van der Waals surface area contributed by atoms with Gasteiger partial charge in [-0.1, -0.05) is 30.3 Å². The minimum absolute atomic E-state index is 0.123. The van der Waals surface area contributed by atoms with E-state index in [1.54, 1.807) is 13.2 Å². The van der Waals surface area contributed by atoms with E-state index in [-0.39, 0.29) is 10.7 Å². The highest BCUT2D eigenvalue weighted by Gasteiger charge is 2.46. The van der Waals surface area contributed by atoms with Crippen molar-refractivity contribution in [2.45, 2.75) is 12.3 Å². The van der Waals surface area contributed by atoms with Crippen LogP contribution in [0.25, 0.3) is 10.9 Å². The van der Waals surface area contributed by atoms with E-state index in [0.717, 1.165) is 44.7 Å². The molecule has 5 nitrogen and oxygen atoms in total. The lowest BCUT2D eigenvalue weighted by atomic mass is 9.66. The van der Waals surface area contributed by atoms with Crippen molar-refractivity contribution in [3.63, 3.8) is 0 Å². The number of fused-ring (bicyclic) bond motifs is 4. The monoisotopic (exact) mass is 417 g/mol. The van der Waals surface area contributed by atoms with Gasteiger partial charge in [-0.15, -0.1) is 11.3 Å². The van der Waals surface area contributed by atoms with Gasteiger partial charge in [0.15, 0.2) is 0 Å². The molecule has 0 amide bonds. The Morgan fingerprint density at radius 3 is 2.50 bits per heavy atom. The normalized spacial score (nSPS) is 17.6. The lowest BCUT2D eigenvalue weighted by Crippen LogP contribution is -2.33. The highest BCUT2D eigenvalue weighted by atomic mass is 32.1. The molecule has 2 aromatic carbocycles. The fourth-order valence-electron chi connectivity index (χ4n) is 4.67. The molecule has 0 aliphatic heterocycles. The average molecular weight is 417 g/mol. The second-order valence-corrected chi connectivity index (χ2v) is 8.69. The van der Waals surface area contributed by atoms with Crippen LogP contribution in [0.2, 0.25) is 0 Å². The van der Waals surface area contributed by atoms with E-state index in [1.807, 2.05) is 60.1 Å². The molecule has 30 heavy (non-hydrogen) atoms. The summed E-state index contributed by atoms with van der Waals surface area (Å²) in [5.41, 5.74) is 3.53. The summed E-state index contributed by atoms with van der Waals surface area (Å²) in [5, 5.41) is 10.6. The van der Waals surface area contributed by atoms with Crippen molar-refractivity contribution in [2.75, 3.05) is 7.11 Å². The van der Waals surface area contributed by atoms with Crippen molar-refractivity contribution in [1.82, 2.24) is 4.57 Å². The van der Waals surface area contributed by atoms with Crippen LogP contribution < -0.4 is 4.74 Å². The number of carbonyl (C=O) groups excluding carboxylic acids is 1. The molecule has 1 unspecified atom stereocenters. The van der Waals surface area contributed by atoms with Crippen molar-refractivity contribution in [1.29, 1.82) is 0 Å². The Hall–Kier alpha value is -3.38. The zero-order valence-electron chi connectivity index (χ0n) is 16.7. The lowest BCUT2D eigenvalue weighted by Gasteiger charge is -2.35. The predicted molar refractivity (Wildman–Crippen MR) is 116 cm³/mol. The number of carbonyl (C=O) groups is 2. The van der Waals surface area contributed by atoms with Crippen LogP contribution in [0.1, 0.15) is 48.7 Å². The highest BCUT2D eigenvalue weighted by molar-refractivity contribution is 7.16. The largest absolute Gasteiger partial charge is 0.497 e. The number of aromatic carboxylic acids is 1. The molecule has 5 rings (SSSR count). The molecule has 0 saturated heterocycles. The topological polar surface area (TPSA) is 68.5 Å². The summed E-state index contributed by atoms with van der Waals surface area (Å²) in [6.45, 7) is 2.07. The van der Waals surface area contributed by atoms with E-state index in [2.05, 4.69) is 6.92 Å². The second-order valence-electron chi connectivity index (χ2n) is 7.64. The Bertz CT molecular complexity index is 1350. The van der Waals surface area contributed by atoms with Crippen LogP contribution in [-0.4, -0.2) is 28.5 Å². The average Bonchev–Trinajstić information content (AvgIpc) is 3.34. The molecule has 4 aromatic rings. The maximum absolute atomic E-state index is 13.5. The van der Waals surface area contributed by atoms with Crippen molar-refractivity contribution >= 4 is 34.0 Å². The van der Waals surface area contributed by atoms with Gasteiger partial charge >= 0.3 is 5.97 Å². The van der Waals surface area contributed by atoms with Gasteiger partial charge in [-0.3, -0.25) is 4.79 Å². The Labute approximate surface area is 177 Å². The number of thiophene rings is 1. The molecule has 6 heteroatoms. The van der Waals surface area contributed by atoms with E-state index in [9.17, 15) is 14.7 Å². The minimum atomic E-state index is -1.02. The van der Waals surface area contributed by atoms with Gasteiger partial charge in [0.05, 0.1) is 17.7 Å². The number of ketones is 1. The molecule has 0 radical (unpaired) electrons. The molecule has 0 spiro atoms. The molecule has 0 fully saturated rings. The number of benzene rings is 2. The smallest absolute Gasteiger partial charge is 0.345 e. The molecular formula is C24H19NO4S. The molecule has 2 heterocycles. The number of para-hydroxylation sites is 1. The summed E-state index contributed by atoms with van der Waals surface area (Å²) in [6.07, 6.45) is 0. The molecular weight excluding hydrogens is 398 g/mol. The first-order valence-corrected chi connectivity index (χ1v) is 10.3. The number of aryl methyl sites for hydroxylation is 1. The van der Waals surface area contributed by atoms with Gasteiger partial charge in [-0.05, 0) is 42.3 Å². The number of carboxylic acid groups (broad SMARTS) is 1. The Balaban J connectivity index is 1.92. The maximum Gasteiger partial charge on any atom is 0.345 e. The molecule has 1 aliphatic rings. The number of rotatable bonds is 3. The number of hydrogen-bond acceptors (Lipinski definition) is 4. The van der Waals surface area contributed by atoms with Crippen LogP contribution >= 0.6 is 11.3 Å². The molecule has 1 aliphatic carbocycles. The molecule has 2 aromatic heterocycles. The number of carboxylic acids is 1. The number of methoxy groups -OCH3 is 1. The van der Waals surface area contributed by atoms with Gasteiger partial charge in [0.1, 0.15) is 10.6 Å². The third-order valence-corrected chi connectivity index (χ3v) is 7.30. The predicted octanol–water partition coefficient (Wildman–Crippen LogP) is 4.85. The summed E-state index contributed by atoms with van der Waals surface area (Å²) in [6, 6.07) is 17.4. The van der Waals surface area contributed by atoms with Crippen molar-refractivity contribution in [2.24, 2.45) is 7.05 Å². The van der Waals surface area contributed by atoms with Gasteiger partial charge in [-0.25, -0.2) is 4.79 Å². The summed E-state index contributed by atoms with van der Waals surface area (Å²) >= 11 is 1.05. The summed E-state index contributed by atoms with van der Waals surface area (Å²) in [7, 11) is 3.51. The third kappa shape index (κ3) is 2.28. The fraction of sp³-hybridized carbons (Fsp3) is 0.167. The molecule has 0 bridgehead atoms. The van der Waals surface area contributed by atoms with Gasteiger partial charge in [-0.2, -0.15) is 0 Å². The maximum atomic E-state index is 13.5. The quantitative estimate of drug-likeness (QED) is 0.518. The van der Waals surface area contributed by atoms with E-state index in [4.69, 9.17) is 4.74 Å². The lowest BCUT2D eigenvalue weighted by molar-refractivity contribution is 0.0702. The summed E-state index contributed by atoms with van der Waals surface area (Å²) in [4.78, 5) is 25.9. The Morgan fingerprint density at radius 2 is 1.83 bits per heavy atom. The molecule has 1 atom stereocenters. The first-order valence-electron chi connectivity index (χ1n) is 9.52. The van der Waals surface area contributed by atoms with Gasteiger partial charge in [0, 0.05) is 28.9 Å². The van der Waals surface area contributed by atoms with E-state index in [1.165, 1.54) is 0 Å². The first kappa shape index (κ1) is 18.6. The molecule has 0 saturated carbocycles. The third-order valence-electron chi connectivity index (χ3n) is 6.18. The van der Waals surface area contributed by atoms with Gasteiger partial charge in [0.2, 0.25) is 5.78 Å². The number of nitrogens with zero attached hydrogens (tertiary/aromatic N) is 1. The zero-order chi connectivity index (χ0) is 21.2. The van der Waals surface area contributed by atoms with Crippen LogP contribution in [0.4, 0.5) is 0 Å². The van der Waals surface area contributed by atoms with E-state index < -0.39 is 11.4 Å².